The fraction of sp³-hybridized carbons (Fsp3) is 0.381. The second-order valence-electron chi connectivity index (χ2n) is 7.79. The van der Waals surface area contributed by atoms with Crippen molar-refractivity contribution in [3.05, 3.63) is 53.8 Å². The van der Waals surface area contributed by atoms with Gasteiger partial charge in [0.05, 0.1) is 4.90 Å². The Hall–Kier alpha value is -2.30. The van der Waals surface area contributed by atoms with Gasteiger partial charge in [-0.05, 0) is 69.2 Å². The highest BCUT2D eigenvalue weighted by Crippen LogP contribution is 2.27. The van der Waals surface area contributed by atoms with Gasteiger partial charge in [-0.3, -0.25) is 4.79 Å². The van der Waals surface area contributed by atoms with E-state index in [0.29, 0.717) is 31.6 Å². The van der Waals surface area contributed by atoms with Crippen molar-refractivity contribution in [2.45, 2.75) is 42.5 Å². The maximum atomic E-state index is 14.4. The van der Waals surface area contributed by atoms with E-state index in [1.807, 2.05) is 0 Å². The highest BCUT2D eigenvalue weighted by molar-refractivity contribution is 7.90. The first-order valence-electron chi connectivity index (χ1n) is 9.86. The number of hydrogen-bond donors (Lipinski definition) is 0. The van der Waals surface area contributed by atoms with Crippen LogP contribution in [0.1, 0.15) is 37.0 Å². The van der Waals surface area contributed by atoms with Crippen LogP contribution in [-0.2, 0) is 19.9 Å². The molecule has 2 aromatic rings. The predicted molar refractivity (Wildman–Crippen MR) is 116 cm³/mol. The Morgan fingerprint density at radius 1 is 1.00 bits per heavy atom. The van der Waals surface area contributed by atoms with Gasteiger partial charge in [-0.1, -0.05) is 0 Å². The minimum Gasteiger partial charge on any atom is -0.306 e. The summed E-state index contributed by atoms with van der Waals surface area (Å²) in [5.74, 6) is -1.42. The molecule has 0 atom stereocenters. The summed E-state index contributed by atoms with van der Waals surface area (Å²) in [6.45, 7) is 4.19. The lowest BCUT2D eigenvalue weighted by molar-refractivity contribution is 0.0980. The quantitative estimate of drug-likeness (QED) is 0.650. The molecule has 1 heterocycles. The third-order valence-corrected chi connectivity index (χ3v) is 8.18. The van der Waals surface area contributed by atoms with Crippen molar-refractivity contribution in [2.24, 2.45) is 0 Å². The number of benzene rings is 2. The van der Waals surface area contributed by atoms with Gasteiger partial charge >= 0.3 is 0 Å². The largest absolute Gasteiger partial charge is 0.306 e. The molecule has 168 valence electrons. The first-order chi connectivity index (χ1) is 14.4. The summed E-state index contributed by atoms with van der Waals surface area (Å²) in [5, 5.41) is 0. The van der Waals surface area contributed by atoms with Crippen LogP contribution in [-0.4, -0.2) is 52.4 Å². The van der Waals surface area contributed by atoms with E-state index >= 15 is 0 Å². The Balaban J connectivity index is 2.00. The number of carbonyl (C=O) groups excluding carboxylic acids is 1. The first-order valence-corrected chi connectivity index (χ1v) is 13.2. The molecule has 0 aromatic heterocycles. The number of nitrogens with zero attached hydrogens (tertiary/aromatic N) is 2. The maximum absolute atomic E-state index is 14.4. The number of hydrogen-bond acceptors (Lipinski definition) is 5. The lowest BCUT2D eigenvalue weighted by Crippen LogP contribution is -2.37. The Morgan fingerprint density at radius 3 is 2.10 bits per heavy atom. The minimum absolute atomic E-state index is 0.0278. The van der Waals surface area contributed by atoms with E-state index < -0.39 is 36.5 Å². The number of sulfonamides is 1. The Bertz CT molecular complexity index is 1190. The number of halogens is 1. The van der Waals surface area contributed by atoms with Crippen LogP contribution in [0.3, 0.4) is 0 Å². The van der Waals surface area contributed by atoms with Gasteiger partial charge in [0.15, 0.2) is 9.84 Å². The number of anilines is 1. The van der Waals surface area contributed by atoms with Crippen molar-refractivity contribution < 1.29 is 26.0 Å². The summed E-state index contributed by atoms with van der Waals surface area (Å²) in [7, 11) is -7.43. The van der Waals surface area contributed by atoms with Gasteiger partial charge in [0.25, 0.3) is 5.91 Å². The van der Waals surface area contributed by atoms with Crippen LogP contribution >= 0.6 is 0 Å². The third kappa shape index (κ3) is 4.81. The van der Waals surface area contributed by atoms with E-state index in [4.69, 9.17) is 0 Å². The van der Waals surface area contributed by atoms with Crippen molar-refractivity contribution in [1.29, 1.82) is 0 Å². The van der Waals surface area contributed by atoms with E-state index in [1.54, 1.807) is 13.8 Å². The highest BCUT2D eigenvalue weighted by atomic mass is 32.2. The van der Waals surface area contributed by atoms with E-state index in [1.165, 1.54) is 39.5 Å². The zero-order valence-corrected chi connectivity index (χ0v) is 19.2. The molecule has 10 heteroatoms. The summed E-state index contributed by atoms with van der Waals surface area (Å²) >= 11 is 0. The fourth-order valence-corrected chi connectivity index (χ4v) is 5.78. The Morgan fingerprint density at radius 2 is 1.58 bits per heavy atom. The molecular weight excluding hydrogens is 443 g/mol. The molecule has 2 aromatic carbocycles. The predicted octanol–water partition coefficient (Wildman–Crippen LogP) is 3.07. The molecule has 31 heavy (non-hydrogen) atoms. The molecule has 7 nitrogen and oxygen atoms in total. The van der Waals surface area contributed by atoms with Crippen LogP contribution in [0.2, 0.25) is 0 Å². The average Bonchev–Trinajstić information content (AvgIpc) is 3.23. The zero-order valence-electron chi connectivity index (χ0n) is 17.6. The smallest absolute Gasteiger partial charge is 0.258 e. The molecule has 1 amide bonds. The second-order valence-corrected chi connectivity index (χ2v) is 11.7. The molecule has 1 aliphatic rings. The summed E-state index contributed by atoms with van der Waals surface area (Å²) in [6, 6.07) is 8.83. The molecule has 0 unspecified atom stereocenters. The van der Waals surface area contributed by atoms with Crippen LogP contribution in [0.4, 0.5) is 10.1 Å². The minimum atomic E-state index is -4.04. The molecule has 0 saturated carbocycles. The van der Waals surface area contributed by atoms with Crippen molar-refractivity contribution in [3.8, 4) is 0 Å². The summed E-state index contributed by atoms with van der Waals surface area (Å²) in [6.07, 6.45) is 2.52. The molecule has 0 radical (unpaired) electrons. The lowest BCUT2D eigenvalue weighted by Gasteiger charge is -2.27. The van der Waals surface area contributed by atoms with E-state index in [0.717, 1.165) is 18.4 Å². The highest BCUT2D eigenvalue weighted by Gasteiger charge is 2.31. The monoisotopic (exact) mass is 468 g/mol. The first kappa shape index (κ1) is 23.4. The SMILES string of the molecule is CC(C)N(C(=O)c1ccc(F)c(S(=O)(=O)N2CCCC2)c1)c1ccc(S(C)(=O)=O)cc1. The Kier molecular flexibility index (Phi) is 6.54. The number of amides is 1. The van der Waals surface area contributed by atoms with E-state index in [9.17, 15) is 26.0 Å². The van der Waals surface area contributed by atoms with Gasteiger partial charge in [-0.2, -0.15) is 4.31 Å². The molecule has 3 rings (SSSR count). The standard InChI is InChI=1S/C21H25FN2O5S2/c1-15(2)24(17-7-9-18(10-8-17)30(3,26)27)21(25)16-6-11-19(22)20(14-16)31(28,29)23-12-4-5-13-23/h6-11,14-15H,4-5,12-13H2,1-3H3. The molecule has 1 aliphatic heterocycles. The molecule has 1 saturated heterocycles. The second kappa shape index (κ2) is 8.68. The Labute approximate surface area is 182 Å². The van der Waals surface area contributed by atoms with Crippen LogP contribution in [0.5, 0.6) is 0 Å². The van der Waals surface area contributed by atoms with Crippen molar-refractivity contribution in [2.75, 3.05) is 24.2 Å². The topological polar surface area (TPSA) is 91.8 Å². The van der Waals surface area contributed by atoms with Crippen LogP contribution in [0, 0.1) is 5.82 Å². The molecule has 0 spiro atoms. The third-order valence-electron chi connectivity index (χ3n) is 5.14. The molecule has 1 fully saturated rings. The van der Waals surface area contributed by atoms with Gasteiger partial charge in [-0.15, -0.1) is 0 Å². The zero-order chi connectivity index (χ0) is 23.0. The number of rotatable bonds is 6. The molecule has 0 bridgehead atoms. The number of carbonyl (C=O) groups is 1. The van der Waals surface area contributed by atoms with E-state index in [-0.39, 0.29) is 16.5 Å². The van der Waals surface area contributed by atoms with Gasteiger partial charge < -0.3 is 4.90 Å². The van der Waals surface area contributed by atoms with Gasteiger partial charge in [0.1, 0.15) is 10.7 Å². The molecule has 0 N–H and O–H groups in total. The summed E-state index contributed by atoms with van der Waals surface area (Å²) in [4.78, 5) is 14.3. The molecule has 0 aliphatic carbocycles. The lowest BCUT2D eigenvalue weighted by atomic mass is 10.1. The van der Waals surface area contributed by atoms with Crippen LogP contribution in [0.25, 0.3) is 0 Å². The van der Waals surface area contributed by atoms with Crippen LogP contribution < -0.4 is 4.90 Å². The van der Waals surface area contributed by atoms with E-state index in [2.05, 4.69) is 0 Å². The van der Waals surface area contributed by atoms with Gasteiger partial charge in [0, 0.05) is 36.6 Å². The fourth-order valence-electron chi connectivity index (χ4n) is 3.54. The normalized spacial score (nSPS) is 15.4. The van der Waals surface area contributed by atoms with Gasteiger partial charge in [0.2, 0.25) is 10.0 Å². The van der Waals surface area contributed by atoms with Crippen molar-refractivity contribution in [3.63, 3.8) is 0 Å². The summed E-state index contributed by atoms with van der Waals surface area (Å²) in [5.41, 5.74) is 0.473. The average molecular weight is 469 g/mol. The molecular formula is C21H25FN2O5S2. The van der Waals surface area contributed by atoms with Crippen molar-refractivity contribution in [1.82, 2.24) is 4.31 Å². The summed E-state index contributed by atoms with van der Waals surface area (Å²) < 4.78 is 64.7. The van der Waals surface area contributed by atoms with Gasteiger partial charge in [-0.25, -0.2) is 21.2 Å². The number of sulfone groups is 1. The van der Waals surface area contributed by atoms with Crippen molar-refractivity contribution >= 4 is 31.5 Å². The maximum Gasteiger partial charge on any atom is 0.258 e. The van der Waals surface area contributed by atoms with Crippen LogP contribution in [0.15, 0.2) is 52.3 Å².